The summed E-state index contributed by atoms with van der Waals surface area (Å²) in [7, 11) is 0. The Kier molecular flexibility index (Phi) is 7.93. The number of aliphatic hydroxyl groups is 1. The molecule has 2 aromatic carbocycles. The van der Waals surface area contributed by atoms with Crippen LogP contribution in [0.5, 0.6) is 0 Å². The summed E-state index contributed by atoms with van der Waals surface area (Å²) in [6.45, 7) is 0.515. The minimum absolute atomic E-state index is 0.0158. The van der Waals surface area contributed by atoms with Gasteiger partial charge in [-0.1, -0.05) is 53.2 Å². The third-order valence-electron chi connectivity index (χ3n) is 5.69. The SMILES string of the molecule is O=C(Nc1cccc(Cl)c1)N[C@@H]1CC[C@H](CCn2cc(Cc3ccccc3)nn2)O[C@H]1CO. The topological polar surface area (TPSA) is 101 Å². The Morgan fingerprint density at radius 2 is 2.03 bits per heavy atom. The Labute approximate surface area is 197 Å². The molecule has 1 fully saturated rings. The van der Waals surface area contributed by atoms with Gasteiger partial charge in [-0.05, 0) is 43.0 Å². The Balaban J connectivity index is 1.23. The minimum Gasteiger partial charge on any atom is -0.394 e. The lowest BCUT2D eigenvalue weighted by Gasteiger charge is -2.36. The summed E-state index contributed by atoms with van der Waals surface area (Å²) in [6, 6.07) is 16.5. The largest absolute Gasteiger partial charge is 0.394 e. The fourth-order valence-corrected chi connectivity index (χ4v) is 4.21. The van der Waals surface area contributed by atoms with Crippen LogP contribution in [0.25, 0.3) is 0 Å². The van der Waals surface area contributed by atoms with Crippen LogP contribution >= 0.6 is 11.6 Å². The number of nitrogens with zero attached hydrogens (tertiary/aromatic N) is 3. The Morgan fingerprint density at radius 1 is 1.18 bits per heavy atom. The summed E-state index contributed by atoms with van der Waals surface area (Å²) in [5.74, 6) is 0. The molecule has 1 aliphatic heterocycles. The minimum atomic E-state index is -0.460. The molecular weight excluding hydrogens is 442 g/mol. The highest BCUT2D eigenvalue weighted by molar-refractivity contribution is 6.30. The Hall–Kier alpha value is -2.94. The van der Waals surface area contributed by atoms with Gasteiger partial charge < -0.3 is 20.5 Å². The van der Waals surface area contributed by atoms with E-state index in [1.165, 1.54) is 5.56 Å². The molecule has 0 spiro atoms. The molecule has 2 heterocycles. The number of carbonyl (C=O) groups excluding carboxylic acids is 1. The summed E-state index contributed by atoms with van der Waals surface area (Å²) >= 11 is 5.96. The van der Waals surface area contributed by atoms with Gasteiger partial charge in [0.1, 0.15) is 6.10 Å². The fourth-order valence-electron chi connectivity index (χ4n) is 4.02. The number of aryl methyl sites for hydroxylation is 1. The van der Waals surface area contributed by atoms with Crippen molar-refractivity contribution in [2.45, 2.75) is 50.5 Å². The second-order valence-electron chi connectivity index (χ2n) is 8.20. The molecule has 3 atom stereocenters. The van der Waals surface area contributed by atoms with Gasteiger partial charge in [-0.3, -0.25) is 4.68 Å². The van der Waals surface area contributed by atoms with Crippen molar-refractivity contribution < 1.29 is 14.6 Å². The lowest BCUT2D eigenvalue weighted by atomic mass is 9.97. The number of amides is 2. The molecule has 0 bridgehead atoms. The third kappa shape index (κ3) is 6.77. The molecule has 33 heavy (non-hydrogen) atoms. The van der Waals surface area contributed by atoms with E-state index in [1.54, 1.807) is 24.3 Å². The number of hydrogen-bond donors (Lipinski definition) is 3. The molecule has 0 unspecified atom stereocenters. The van der Waals surface area contributed by atoms with E-state index in [0.29, 0.717) is 17.3 Å². The number of carbonyl (C=O) groups is 1. The van der Waals surface area contributed by atoms with Gasteiger partial charge in [-0.15, -0.1) is 5.10 Å². The predicted molar refractivity (Wildman–Crippen MR) is 126 cm³/mol. The number of urea groups is 1. The molecule has 174 valence electrons. The summed E-state index contributed by atoms with van der Waals surface area (Å²) in [4.78, 5) is 12.4. The maximum Gasteiger partial charge on any atom is 0.319 e. The number of benzene rings is 2. The van der Waals surface area contributed by atoms with Gasteiger partial charge in [-0.25, -0.2) is 4.79 Å². The van der Waals surface area contributed by atoms with Gasteiger partial charge in [0.25, 0.3) is 0 Å². The molecule has 0 aliphatic carbocycles. The van der Waals surface area contributed by atoms with Crippen LogP contribution in [0.4, 0.5) is 10.5 Å². The predicted octanol–water partition coefficient (Wildman–Crippen LogP) is 3.64. The van der Waals surface area contributed by atoms with Crippen molar-refractivity contribution in [1.29, 1.82) is 0 Å². The molecule has 1 saturated heterocycles. The number of nitrogens with one attached hydrogen (secondary N) is 2. The van der Waals surface area contributed by atoms with Crippen molar-refractivity contribution >= 4 is 23.3 Å². The van der Waals surface area contributed by atoms with Crippen molar-refractivity contribution in [2.75, 3.05) is 11.9 Å². The van der Waals surface area contributed by atoms with Crippen LogP contribution in [0.1, 0.15) is 30.5 Å². The van der Waals surface area contributed by atoms with Gasteiger partial charge in [0, 0.05) is 29.9 Å². The highest BCUT2D eigenvalue weighted by Crippen LogP contribution is 2.23. The lowest BCUT2D eigenvalue weighted by Crippen LogP contribution is -2.52. The molecular formula is C24H28ClN5O3. The van der Waals surface area contributed by atoms with E-state index in [9.17, 15) is 9.90 Å². The van der Waals surface area contributed by atoms with E-state index in [2.05, 4.69) is 33.1 Å². The maximum atomic E-state index is 12.4. The van der Waals surface area contributed by atoms with Gasteiger partial charge in [0.2, 0.25) is 0 Å². The number of halogens is 1. The highest BCUT2D eigenvalue weighted by atomic mass is 35.5. The van der Waals surface area contributed by atoms with Crippen molar-refractivity contribution in [3.63, 3.8) is 0 Å². The van der Waals surface area contributed by atoms with Crippen molar-refractivity contribution in [3.05, 3.63) is 77.1 Å². The van der Waals surface area contributed by atoms with Gasteiger partial charge in [0.15, 0.2) is 0 Å². The average Bonchev–Trinajstić information content (AvgIpc) is 3.26. The van der Waals surface area contributed by atoms with E-state index in [-0.39, 0.29) is 24.8 Å². The third-order valence-corrected chi connectivity index (χ3v) is 5.92. The van der Waals surface area contributed by atoms with Crippen LogP contribution in [0, 0.1) is 0 Å². The number of ether oxygens (including phenoxy) is 1. The molecule has 3 aromatic rings. The van der Waals surface area contributed by atoms with E-state index >= 15 is 0 Å². The van der Waals surface area contributed by atoms with Crippen molar-refractivity contribution in [3.8, 4) is 0 Å². The normalized spacial score (nSPS) is 20.4. The van der Waals surface area contributed by atoms with Crippen molar-refractivity contribution in [2.24, 2.45) is 0 Å². The first-order valence-electron chi connectivity index (χ1n) is 11.1. The van der Waals surface area contributed by atoms with Crippen LogP contribution in [-0.4, -0.2) is 51.0 Å². The Morgan fingerprint density at radius 3 is 2.82 bits per heavy atom. The quantitative estimate of drug-likeness (QED) is 0.467. The Bertz CT molecular complexity index is 1050. The van der Waals surface area contributed by atoms with Crippen LogP contribution < -0.4 is 10.6 Å². The van der Waals surface area contributed by atoms with Gasteiger partial charge in [0.05, 0.1) is 24.4 Å². The smallest absolute Gasteiger partial charge is 0.319 e. The number of anilines is 1. The lowest BCUT2D eigenvalue weighted by molar-refractivity contribution is -0.0905. The average molecular weight is 470 g/mol. The maximum absolute atomic E-state index is 12.4. The van der Waals surface area contributed by atoms with E-state index < -0.39 is 6.10 Å². The number of aliphatic hydroxyl groups excluding tert-OH is 1. The molecule has 1 aliphatic rings. The first-order chi connectivity index (χ1) is 16.1. The highest BCUT2D eigenvalue weighted by Gasteiger charge is 2.31. The number of hydrogen-bond acceptors (Lipinski definition) is 5. The van der Waals surface area contributed by atoms with Gasteiger partial charge >= 0.3 is 6.03 Å². The number of aromatic nitrogens is 3. The zero-order valence-corrected chi connectivity index (χ0v) is 19.0. The summed E-state index contributed by atoms with van der Waals surface area (Å²) in [5.41, 5.74) is 2.73. The first kappa shape index (κ1) is 23.2. The molecule has 3 N–H and O–H groups in total. The van der Waals surface area contributed by atoms with Crippen LogP contribution in [0.15, 0.2) is 60.8 Å². The fraction of sp³-hybridized carbons (Fsp3) is 0.375. The van der Waals surface area contributed by atoms with E-state index in [0.717, 1.165) is 31.4 Å². The standard InChI is InChI=1S/C24H28ClN5O3/c25-18-7-4-8-19(14-18)26-24(32)27-22-10-9-21(33-23(22)16-31)11-12-30-15-20(28-29-30)13-17-5-2-1-3-6-17/h1-8,14-15,21-23,31H,9-13,16H2,(H2,26,27,32)/t21-,22-,23+/m1/s1. The second-order valence-corrected chi connectivity index (χ2v) is 8.63. The summed E-state index contributed by atoms with van der Waals surface area (Å²) in [6.07, 6.45) is 4.49. The van der Waals surface area contributed by atoms with Crippen LogP contribution in [-0.2, 0) is 17.7 Å². The zero-order valence-electron chi connectivity index (χ0n) is 18.2. The van der Waals surface area contributed by atoms with Crippen molar-refractivity contribution in [1.82, 2.24) is 20.3 Å². The molecule has 0 saturated carbocycles. The van der Waals surface area contributed by atoms with Gasteiger partial charge in [-0.2, -0.15) is 0 Å². The molecule has 2 amide bonds. The molecule has 4 rings (SSSR count). The molecule has 8 nitrogen and oxygen atoms in total. The van der Waals surface area contributed by atoms with E-state index in [1.807, 2.05) is 29.1 Å². The molecule has 9 heteroatoms. The monoisotopic (exact) mass is 469 g/mol. The first-order valence-corrected chi connectivity index (χ1v) is 11.5. The second kappa shape index (κ2) is 11.3. The van der Waals surface area contributed by atoms with E-state index in [4.69, 9.17) is 16.3 Å². The zero-order chi connectivity index (χ0) is 23.0. The molecule has 0 radical (unpaired) electrons. The summed E-state index contributed by atoms with van der Waals surface area (Å²) in [5, 5.41) is 24.5. The number of rotatable bonds is 8. The van der Waals surface area contributed by atoms with Crippen LogP contribution in [0.3, 0.4) is 0 Å². The summed E-state index contributed by atoms with van der Waals surface area (Å²) < 4.78 is 7.90. The molecule has 1 aromatic heterocycles. The van der Waals surface area contributed by atoms with Crippen LogP contribution in [0.2, 0.25) is 5.02 Å².